The van der Waals surface area contributed by atoms with E-state index in [0.717, 1.165) is 11.6 Å². The van der Waals surface area contributed by atoms with Crippen LogP contribution in [0.2, 0.25) is 0 Å². The van der Waals surface area contributed by atoms with Gasteiger partial charge in [0.2, 0.25) is 17.7 Å². The zero-order valence-corrected chi connectivity index (χ0v) is 17.6. The Bertz CT molecular complexity index is 1000. The first-order chi connectivity index (χ1) is 14.6. The van der Waals surface area contributed by atoms with Gasteiger partial charge in [-0.05, 0) is 24.1 Å². The number of carbonyl (C=O) groups is 3. The molecule has 0 aromatic heterocycles. The number of anilines is 1. The first kappa shape index (κ1) is 22.4. The Hall–Kier alpha value is -3.29. The molecule has 1 fully saturated rings. The molecule has 1 aliphatic heterocycles. The number of benzene rings is 2. The van der Waals surface area contributed by atoms with Gasteiger partial charge in [0.15, 0.2) is 11.6 Å². The summed E-state index contributed by atoms with van der Waals surface area (Å²) in [5.41, 5.74) is -0.213. The molecule has 0 spiro atoms. The maximum Gasteiger partial charge on any atom is 0.230 e. The summed E-state index contributed by atoms with van der Waals surface area (Å²) < 4.78 is 33.9. The zero-order chi connectivity index (χ0) is 22.8. The molecule has 3 rings (SSSR count). The van der Waals surface area contributed by atoms with Crippen LogP contribution in [0.1, 0.15) is 51.5 Å². The topological polar surface area (TPSA) is 84.5 Å². The number of nitrogens with one attached hydrogen (secondary N) is 2. The Morgan fingerprint density at radius 3 is 2.32 bits per heavy atom. The largest absolute Gasteiger partial charge is 0.455 e. The second kappa shape index (κ2) is 8.83. The van der Waals surface area contributed by atoms with Crippen molar-refractivity contribution in [3.05, 3.63) is 53.6 Å². The fourth-order valence-corrected chi connectivity index (χ4v) is 3.14. The minimum atomic E-state index is -0.946. The van der Waals surface area contributed by atoms with E-state index in [2.05, 4.69) is 10.6 Å². The molecule has 1 saturated heterocycles. The van der Waals surface area contributed by atoms with E-state index in [4.69, 9.17) is 4.74 Å². The van der Waals surface area contributed by atoms with E-state index in [1.54, 1.807) is 38.1 Å². The lowest BCUT2D eigenvalue weighted by atomic mass is 9.89. The summed E-state index contributed by atoms with van der Waals surface area (Å²) in [5.74, 6) is -2.99. The third-order valence-corrected chi connectivity index (χ3v) is 5.48. The van der Waals surface area contributed by atoms with Gasteiger partial charge in [-0.1, -0.05) is 32.9 Å². The molecule has 0 atom stereocenters. The number of rotatable bonds is 6. The van der Waals surface area contributed by atoms with Crippen LogP contribution >= 0.6 is 0 Å². The van der Waals surface area contributed by atoms with Crippen molar-refractivity contribution < 1.29 is 27.9 Å². The highest BCUT2D eigenvalue weighted by Gasteiger charge is 2.28. The van der Waals surface area contributed by atoms with Gasteiger partial charge in [0.25, 0.3) is 0 Å². The standard InChI is InChI=1S/C23H24F2N2O4/c1-4-23(2,3)22(30)27-21-17(25)11-15(24)12-18(21)31-16-7-5-13(6-8-16)14-9-19(28)26-20(29)10-14/h5-8,11-12,14H,4,9-10H2,1-3H3,(H,27,30)(H,26,28,29). The number of ether oxygens (including phenoxy) is 1. The van der Waals surface area contributed by atoms with Gasteiger partial charge in [0, 0.05) is 36.3 Å². The minimum Gasteiger partial charge on any atom is -0.455 e. The van der Waals surface area contributed by atoms with Crippen LogP contribution < -0.4 is 15.4 Å². The number of hydrogen-bond donors (Lipinski definition) is 2. The molecule has 2 aromatic carbocycles. The highest BCUT2D eigenvalue weighted by atomic mass is 19.1. The van der Waals surface area contributed by atoms with Crippen molar-refractivity contribution in [1.82, 2.24) is 5.32 Å². The summed E-state index contributed by atoms with van der Waals surface area (Å²) in [6, 6.07) is 8.22. The smallest absolute Gasteiger partial charge is 0.230 e. The van der Waals surface area contributed by atoms with Crippen molar-refractivity contribution >= 4 is 23.4 Å². The highest BCUT2D eigenvalue weighted by Crippen LogP contribution is 2.35. The highest BCUT2D eigenvalue weighted by molar-refractivity contribution is 5.98. The molecule has 31 heavy (non-hydrogen) atoms. The van der Waals surface area contributed by atoms with Gasteiger partial charge in [0.05, 0.1) is 0 Å². The molecule has 1 heterocycles. The predicted molar refractivity (Wildman–Crippen MR) is 111 cm³/mol. The number of halogens is 2. The number of amides is 3. The van der Waals surface area contributed by atoms with Crippen LogP contribution in [0.5, 0.6) is 11.5 Å². The van der Waals surface area contributed by atoms with Gasteiger partial charge >= 0.3 is 0 Å². The predicted octanol–water partition coefficient (Wildman–Crippen LogP) is 4.65. The average Bonchev–Trinajstić information content (AvgIpc) is 2.70. The molecule has 0 aliphatic carbocycles. The molecule has 8 heteroatoms. The lowest BCUT2D eigenvalue weighted by molar-refractivity contribution is -0.133. The molecule has 0 unspecified atom stereocenters. The van der Waals surface area contributed by atoms with Crippen LogP contribution in [0.4, 0.5) is 14.5 Å². The van der Waals surface area contributed by atoms with Gasteiger partial charge in [0.1, 0.15) is 17.3 Å². The lowest BCUT2D eigenvalue weighted by Gasteiger charge is -2.23. The maximum absolute atomic E-state index is 14.4. The Morgan fingerprint density at radius 2 is 1.74 bits per heavy atom. The van der Waals surface area contributed by atoms with Crippen molar-refractivity contribution in [2.24, 2.45) is 5.41 Å². The molecule has 164 valence electrons. The Balaban J connectivity index is 1.83. The molecular weight excluding hydrogens is 406 g/mol. The van der Waals surface area contributed by atoms with E-state index in [-0.39, 0.29) is 47.8 Å². The van der Waals surface area contributed by atoms with Crippen LogP contribution in [0.3, 0.4) is 0 Å². The van der Waals surface area contributed by atoms with E-state index in [0.29, 0.717) is 12.5 Å². The third-order valence-electron chi connectivity index (χ3n) is 5.48. The lowest BCUT2D eigenvalue weighted by Crippen LogP contribution is -2.37. The van der Waals surface area contributed by atoms with E-state index in [1.807, 2.05) is 6.92 Å². The van der Waals surface area contributed by atoms with Crippen LogP contribution in [0.15, 0.2) is 36.4 Å². The summed E-state index contributed by atoms with van der Waals surface area (Å²) in [5, 5.41) is 4.76. The van der Waals surface area contributed by atoms with Gasteiger partial charge in [-0.3, -0.25) is 19.7 Å². The monoisotopic (exact) mass is 430 g/mol. The fraction of sp³-hybridized carbons (Fsp3) is 0.348. The van der Waals surface area contributed by atoms with Crippen LogP contribution in [-0.2, 0) is 14.4 Å². The third kappa shape index (κ3) is 5.25. The van der Waals surface area contributed by atoms with E-state index < -0.39 is 23.0 Å². The van der Waals surface area contributed by atoms with Gasteiger partial charge < -0.3 is 10.1 Å². The quantitative estimate of drug-likeness (QED) is 0.654. The first-order valence-electron chi connectivity index (χ1n) is 10.00. The van der Waals surface area contributed by atoms with Crippen LogP contribution in [-0.4, -0.2) is 17.7 Å². The van der Waals surface area contributed by atoms with E-state index >= 15 is 0 Å². The first-order valence-corrected chi connectivity index (χ1v) is 10.00. The molecule has 2 N–H and O–H groups in total. The summed E-state index contributed by atoms with van der Waals surface area (Å²) in [6.07, 6.45) is 0.926. The average molecular weight is 430 g/mol. The number of hydrogen-bond acceptors (Lipinski definition) is 4. The molecule has 0 saturated carbocycles. The second-order valence-electron chi connectivity index (χ2n) is 8.20. The Morgan fingerprint density at radius 1 is 1.13 bits per heavy atom. The maximum atomic E-state index is 14.4. The van der Waals surface area contributed by atoms with Crippen molar-refractivity contribution in [2.45, 2.75) is 46.0 Å². The van der Waals surface area contributed by atoms with Gasteiger partial charge in [-0.2, -0.15) is 0 Å². The summed E-state index contributed by atoms with van der Waals surface area (Å²) in [7, 11) is 0. The van der Waals surface area contributed by atoms with Crippen LogP contribution in [0, 0.1) is 17.0 Å². The van der Waals surface area contributed by atoms with Crippen LogP contribution in [0.25, 0.3) is 0 Å². The number of imide groups is 1. The number of piperidine rings is 1. The second-order valence-corrected chi connectivity index (χ2v) is 8.20. The number of carbonyl (C=O) groups excluding carboxylic acids is 3. The minimum absolute atomic E-state index is 0.169. The molecular formula is C23H24F2N2O4. The SMILES string of the molecule is CCC(C)(C)C(=O)Nc1c(F)cc(F)cc1Oc1ccc(C2CC(=O)NC(=O)C2)cc1. The van der Waals surface area contributed by atoms with Crippen molar-refractivity contribution in [3.63, 3.8) is 0 Å². The normalized spacial score (nSPS) is 14.9. The Kier molecular flexibility index (Phi) is 6.38. The zero-order valence-electron chi connectivity index (χ0n) is 17.6. The summed E-state index contributed by atoms with van der Waals surface area (Å²) >= 11 is 0. The summed E-state index contributed by atoms with van der Waals surface area (Å²) in [6.45, 7) is 5.28. The molecule has 1 aliphatic rings. The van der Waals surface area contributed by atoms with E-state index in [9.17, 15) is 23.2 Å². The molecule has 6 nitrogen and oxygen atoms in total. The van der Waals surface area contributed by atoms with Gasteiger partial charge in [-0.25, -0.2) is 8.78 Å². The molecule has 2 aromatic rings. The van der Waals surface area contributed by atoms with Crippen molar-refractivity contribution in [2.75, 3.05) is 5.32 Å². The summed E-state index contributed by atoms with van der Waals surface area (Å²) in [4.78, 5) is 35.7. The van der Waals surface area contributed by atoms with Crippen molar-refractivity contribution in [1.29, 1.82) is 0 Å². The Labute approximate surface area is 179 Å². The fourth-order valence-electron chi connectivity index (χ4n) is 3.14. The molecule has 0 bridgehead atoms. The van der Waals surface area contributed by atoms with Crippen molar-refractivity contribution in [3.8, 4) is 11.5 Å². The molecule has 0 radical (unpaired) electrons. The van der Waals surface area contributed by atoms with E-state index in [1.165, 1.54) is 0 Å². The molecule has 3 amide bonds. The van der Waals surface area contributed by atoms with Gasteiger partial charge in [-0.15, -0.1) is 0 Å².